The van der Waals surface area contributed by atoms with Crippen LogP contribution in [-0.4, -0.2) is 59.5 Å². The first-order valence-electron chi connectivity index (χ1n) is 8.98. The van der Waals surface area contributed by atoms with E-state index in [0.717, 1.165) is 75.6 Å². The van der Waals surface area contributed by atoms with Gasteiger partial charge in [0.05, 0.1) is 18.7 Å². The van der Waals surface area contributed by atoms with Gasteiger partial charge in [0, 0.05) is 19.6 Å². The summed E-state index contributed by atoms with van der Waals surface area (Å²) >= 11 is 0. The Morgan fingerprint density at radius 2 is 1.88 bits per heavy atom. The molecule has 0 spiro atoms. The van der Waals surface area contributed by atoms with E-state index in [4.69, 9.17) is 4.74 Å². The van der Waals surface area contributed by atoms with Gasteiger partial charge in [0.15, 0.2) is 0 Å². The van der Waals surface area contributed by atoms with Gasteiger partial charge in [0.2, 0.25) is 5.95 Å². The monoisotopic (exact) mass is 327 g/mol. The van der Waals surface area contributed by atoms with Crippen molar-refractivity contribution in [2.75, 3.05) is 44.7 Å². The molecule has 6 nitrogen and oxygen atoms in total. The first-order chi connectivity index (χ1) is 11.8. The average Bonchev–Trinajstić information content (AvgIpc) is 2.96. The van der Waals surface area contributed by atoms with Crippen LogP contribution in [0.5, 0.6) is 0 Å². The SMILES string of the molecule is CC1Cc2cc3nnc(NCCCN4CCOCC4)nc3cc2C1. The molecule has 2 aliphatic rings. The van der Waals surface area contributed by atoms with Crippen LogP contribution in [0.3, 0.4) is 0 Å². The minimum atomic E-state index is 0.635. The van der Waals surface area contributed by atoms with Gasteiger partial charge in [-0.3, -0.25) is 4.90 Å². The quantitative estimate of drug-likeness (QED) is 0.846. The largest absolute Gasteiger partial charge is 0.379 e. The lowest BCUT2D eigenvalue weighted by molar-refractivity contribution is 0.0378. The van der Waals surface area contributed by atoms with Crippen LogP contribution in [0.2, 0.25) is 0 Å². The predicted octanol–water partition coefficient (Wildman–Crippen LogP) is 1.89. The molecule has 6 heteroatoms. The Morgan fingerprint density at radius 1 is 1.12 bits per heavy atom. The lowest BCUT2D eigenvalue weighted by atomic mass is 10.1. The molecule has 2 aromatic rings. The van der Waals surface area contributed by atoms with Crippen LogP contribution in [0.4, 0.5) is 5.95 Å². The van der Waals surface area contributed by atoms with Crippen molar-refractivity contribution in [3.05, 3.63) is 23.3 Å². The first-order valence-corrected chi connectivity index (χ1v) is 8.98. The summed E-state index contributed by atoms with van der Waals surface area (Å²) in [4.78, 5) is 7.08. The molecule has 0 radical (unpaired) electrons. The van der Waals surface area contributed by atoms with E-state index >= 15 is 0 Å². The first kappa shape index (κ1) is 15.7. The van der Waals surface area contributed by atoms with E-state index in [1.165, 1.54) is 11.1 Å². The number of nitrogens with one attached hydrogen (secondary N) is 1. The summed E-state index contributed by atoms with van der Waals surface area (Å²) in [6.07, 6.45) is 3.37. The number of fused-ring (bicyclic) bond motifs is 2. The molecule has 1 fully saturated rings. The van der Waals surface area contributed by atoms with Gasteiger partial charge in [-0.2, -0.15) is 0 Å². The number of anilines is 1. The third kappa shape index (κ3) is 3.49. The van der Waals surface area contributed by atoms with Crippen LogP contribution in [0.1, 0.15) is 24.5 Å². The molecule has 1 aromatic heterocycles. The zero-order valence-electron chi connectivity index (χ0n) is 14.3. The third-order valence-electron chi connectivity index (χ3n) is 4.95. The number of nitrogens with zero attached hydrogens (tertiary/aromatic N) is 4. The van der Waals surface area contributed by atoms with Crippen LogP contribution in [0, 0.1) is 5.92 Å². The molecular weight excluding hydrogens is 302 g/mol. The molecule has 128 valence electrons. The second kappa shape index (κ2) is 6.99. The number of hydrogen-bond donors (Lipinski definition) is 1. The van der Waals surface area contributed by atoms with Crippen molar-refractivity contribution >= 4 is 17.0 Å². The summed E-state index contributed by atoms with van der Waals surface area (Å²) in [6, 6.07) is 4.36. The topological polar surface area (TPSA) is 63.2 Å². The van der Waals surface area contributed by atoms with E-state index in [2.05, 4.69) is 44.5 Å². The minimum Gasteiger partial charge on any atom is -0.379 e. The molecule has 1 aromatic carbocycles. The zero-order chi connectivity index (χ0) is 16.4. The molecule has 0 amide bonds. The summed E-state index contributed by atoms with van der Waals surface area (Å²) < 4.78 is 5.37. The fraction of sp³-hybridized carbons (Fsp3) is 0.611. The van der Waals surface area contributed by atoms with Crippen molar-refractivity contribution in [3.8, 4) is 0 Å². The highest BCUT2D eigenvalue weighted by Gasteiger charge is 2.19. The number of morpholine rings is 1. The van der Waals surface area contributed by atoms with Gasteiger partial charge in [-0.05, 0) is 55.0 Å². The number of benzene rings is 1. The molecule has 4 rings (SSSR count). The number of aromatic nitrogens is 3. The molecule has 0 saturated carbocycles. The molecule has 24 heavy (non-hydrogen) atoms. The van der Waals surface area contributed by atoms with Crippen molar-refractivity contribution in [2.45, 2.75) is 26.2 Å². The molecule has 1 saturated heterocycles. The Bertz CT molecular complexity index is 714. The Balaban J connectivity index is 1.35. The highest BCUT2D eigenvalue weighted by molar-refractivity contribution is 5.77. The Labute approximate surface area is 142 Å². The molecule has 1 atom stereocenters. The Hall–Kier alpha value is -1.79. The van der Waals surface area contributed by atoms with Crippen LogP contribution in [-0.2, 0) is 17.6 Å². The maximum absolute atomic E-state index is 5.37. The third-order valence-corrected chi connectivity index (χ3v) is 4.95. The van der Waals surface area contributed by atoms with Gasteiger partial charge in [-0.15, -0.1) is 10.2 Å². The fourth-order valence-electron chi connectivity index (χ4n) is 3.68. The number of hydrogen-bond acceptors (Lipinski definition) is 6. The molecular formula is C18H25N5O. The van der Waals surface area contributed by atoms with Crippen LogP contribution < -0.4 is 5.32 Å². The highest BCUT2D eigenvalue weighted by Crippen LogP contribution is 2.29. The standard InChI is InChI=1S/C18H25N5O/c1-13-9-14-11-16-17(12-15(14)10-13)21-22-18(20-16)19-3-2-4-23-5-7-24-8-6-23/h11-13H,2-10H2,1H3,(H,19,20,22). The normalized spacial score (nSPS) is 21.1. The van der Waals surface area contributed by atoms with E-state index in [9.17, 15) is 0 Å². The summed E-state index contributed by atoms with van der Waals surface area (Å²) in [6.45, 7) is 8.04. The van der Waals surface area contributed by atoms with Crippen LogP contribution in [0.25, 0.3) is 11.0 Å². The Morgan fingerprint density at radius 3 is 2.67 bits per heavy atom. The minimum absolute atomic E-state index is 0.635. The summed E-state index contributed by atoms with van der Waals surface area (Å²) in [7, 11) is 0. The predicted molar refractivity (Wildman–Crippen MR) is 94.3 cm³/mol. The fourth-order valence-corrected chi connectivity index (χ4v) is 3.68. The van der Waals surface area contributed by atoms with Gasteiger partial charge < -0.3 is 10.1 Å². The lowest BCUT2D eigenvalue weighted by Crippen LogP contribution is -2.37. The van der Waals surface area contributed by atoms with E-state index < -0.39 is 0 Å². The van der Waals surface area contributed by atoms with Crippen molar-refractivity contribution in [3.63, 3.8) is 0 Å². The van der Waals surface area contributed by atoms with Crippen molar-refractivity contribution in [1.82, 2.24) is 20.1 Å². The molecule has 2 heterocycles. The van der Waals surface area contributed by atoms with E-state index in [1.54, 1.807) is 0 Å². The van der Waals surface area contributed by atoms with E-state index in [0.29, 0.717) is 5.95 Å². The lowest BCUT2D eigenvalue weighted by Gasteiger charge is -2.26. The van der Waals surface area contributed by atoms with Gasteiger partial charge in [-0.25, -0.2) is 4.98 Å². The average molecular weight is 327 g/mol. The summed E-state index contributed by atoms with van der Waals surface area (Å²) in [5.41, 5.74) is 4.70. The van der Waals surface area contributed by atoms with Gasteiger partial charge >= 0.3 is 0 Å². The molecule has 0 bridgehead atoms. The van der Waals surface area contributed by atoms with E-state index in [1.807, 2.05) is 0 Å². The second-order valence-corrected chi connectivity index (χ2v) is 6.99. The maximum Gasteiger partial charge on any atom is 0.243 e. The van der Waals surface area contributed by atoms with Crippen molar-refractivity contribution < 1.29 is 4.74 Å². The smallest absolute Gasteiger partial charge is 0.243 e. The van der Waals surface area contributed by atoms with Gasteiger partial charge in [0.25, 0.3) is 0 Å². The maximum atomic E-state index is 5.37. The zero-order valence-corrected chi connectivity index (χ0v) is 14.3. The summed E-state index contributed by atoms with van der Waals surface area (Å²) in [5, 5.41) is 11.9. The number of ether oxygens (including phenoxy) is 1. The summed E-state index contributed by atoms with van der Waals surface area (Å²) in [5.74, 6) is 1.36. The number of rotatable bonds is 5. The Kier molecular flexibility index (Phi) is 4.58. The van der Waals surface area contributed by atoms with Crippen molar-refractivity contribution in [1.29, 1.82) is 0 Å². The van der Waals surface area contributed by atoms with Crippen LogP contribution >= 0.6 is 0 Å². The van der Waals surface area contributed by atoms with Crippen molar-refractivity contribution in [2.24, 2.45) is 5.92 Å². The second-order valence-electron chi connectivity index (χ2n) is 6.99. The van der Waals surface area contributed by atoms with E-state index in [-0.39, 0.29) is 0 Å². The molecule has 1 N–H and O–H groups in total. The van der Waals surface area contributed by atoms with Gasteiger partial charge in [0.1, 0.15) is 5.52 Å². The van der Waals surface area contributed by atoms with Crippen LogP contribution in [0.15, 0.2) is 12.1 Å². The molecule has 1 aliphatic heterocycles. The highest BCUT2D eigenvalue weighted by atomic mass is 16.5. The van der Waals surface area contributed by atoms with Gasteiger partial charge in [-0.1, -0.05) is 6.92 Å². The molecule has 1 unspecified atom stereocenters. The molecule has 1 aliphatic carbocycles.